The van der Waals surface area contributed by atoms with Gasteiger partial charge in [-0.1, -0.05) is 42.5 Å². The summed E-state index contributed by atoms with van der Waals surface area (Å²) < 4.78 is 27.0. The highest BCUT2D eigenvalue weighted by Crippen LogP contribution is 2.33. The molecule has 2 heterocycles. The Morgan fingerprint density at radius 2 is 1.38 bits per heavy atom. The van der Waals surface area contributed by atoms with Crippen LogP contribution in [0.2, 0.25) is 0 Å². The van der Waals surface area contributed by atoms with Crippen LogP contribution in [-0.2, 0) is 6.42 Å². The molecule has 34 heavy (non-hydrogen) atoms. The zero-order chi connectivity index (χ0) is 23.3. The van der Waals surface area contributed by atoms with Crippen LogP contribution >= 0.6 is 0 Å². The van der Waals surface area contributed by atoms with Gasteiger partial charge in [0.2, 0.25) is 0 Å². The van der Waals surface area contributed by atoms with Gasteiger partial charge in [-0.25, -0.2) is 8.78 Å². The molecule has 0 radical (unpaired) electrons. The summed E-state index contributed by atoms with van der Waals surface area (Å²) in [4.78, 5) is 5.26. The van der Waals surface area contributed by atoms with E-state index >= 15 is 0 Å². The number of nitrogens with zero attached hydrogens (tertiary/aromatic N) is 2. The first-order chi connectivity index (χ1) is 16.7. The summed E-state index contributed by atoms with van der Waals surface area (Å²) in [6, 6.07) is 23.1. The van der Waals surface area contributed by atoms with Crippen LogP contribution in [0.15, 0.2) is 72.8 Å². The molecule has 3 aromatic rings. The van der Waals surface area contributed by atoms with Crippen LogP contribution in [0.1, 0.15) is 54.7 Å². The topological polar surface area (TPSA) is 6.48 Å². The molecule has 0 aliphatic carbocycles. The molecule has 0 spiro atoms. The summed E-state index contributed by atoms with van der Waals surface area (Å²) in [7, 11) is 0. The molecule has 178 valence electrons. The molecule has 0 atom stereocenters. The fourth-order valence-electron chi connectivity index (χ4n) is 5.83. The standard InChI is InChI=1S/C30H34F2N2/c31-26-13-9-23(10-14-26)29(24-11-15-27(32)16-12-24)7-4-19-33-21-17-28(18-22-33)34-20-3-6-25-5-1-2-8-30(25)34/h1-2,5,8-16,28-29H,3-4,6-7,17-22H2. The number of likely N-dealkylation sites (tertiary alicyclic amines) is 1. The first-order valence-corrected chi connectivity index (χ1v) is 12.8. The van der Waals surface area contributed by atoms with E-state index in [0.29, 0.717) is 6.04 Å². The molecule has 0 saturated carbocycles. The van der Waals surface area contributed by atoms with Crippen molar-refractivity contribution in [2.45, 2.75) is 50.5 Å². The normalized spacial score (nSPS) is 17.2. The highest BCUT2D eigenvalue weighted by Gasteiger charge is 2.27. The SMILES string of the molecule is Fc1ccc(C(CCCN2CCC(N3CCCc4ccccc43)CC2)c2ccc(F)cc2)cc1. The minimum absolute atomic E-state index is 0.156. The molecule has 1 fully saturated rings. The van der Waals surface area contributed by atoms with E-state index in [1.807, 2.05) is 24.3 Å². The fraction of sp³-hybridized carbons (Fsp3) is 0.400. The lowest BCUT2D eigenvalue weighted by Gasteiger charge is -2.42. The van der Waals surface area contributed by atoms with Crippen molar-refractivity contribution in [3.8, 4) is 0 Å². The van der Waals surface area contributed by atoms with E-state index in [1.165, 1.54) is 67.7 Å². The molecule has 0 bridgehead atoms. The highest BCUT2D eigenvalue weighted by atomic mass is 19.1. The average molecular weight is 461 g/mol. The monoisotopic (exact) mass is 460 g/mol. The number of hydrogen-bond donors (Lipinski definition) is 0. The number of fused-ring (bicyclic) bond motifs is 1. The molecule has 1 saturated heterocycles. The third-order valence-electron chi connectivity index (χ3n) is 7.66. The zero-order valence-electron chi connectivity index (χ0n) is 19.8. The summed E-state index contributed by atoms with van der Waals surface area (Å²) in [5.74, 6) is -0.287. The van der Waals surface area contributed by atoms with Crippen molar-refractivity contribution in [3.05, 3.63) is 101 Å². The lowest BCUT2D eigenvalue weighted by Crippen LogP contribution is -2.47. The predicted octanol–water partition coefficient (Wildman–Crippen LogP) is 6.79. The summed E-state index contributed by atoms with van der Waals surface area (Å²) in [6.45, 7) is 4.53. The van der Waals surface area contributed by atoms with E-state index in [9.17, 15) is 8.78 Å². The van der Waals surface area contributed by atoms with Gasteiger partial charge in [0.05, 0.1) is 0 Å². The van der Waals surface area contributed by atoms with Gasteiger partial charge in [-0.3, -0.25) is 0 Å². The van der Waals surface area contributed by atoms with E-state index < -0.39 is 0 Å². The third-order valence-corrected chi connectivity index (χ3v) is 7.66. The molecule has 2 aliphatic rings. The average Bonchev–Trinajstić information content (AvgIpc) is 2.88. The van der Waals surface area contributed by atoms with Gasteiger partial charge < -0.3 is 9.80 Å². The summed E-state index contributed by atoms with van der Waals surface area (Å²) >= 11 is 0. The van der Waals surface area contributed by atoms with E-state index in [-0.39, 0.29) is 17.6 Å². The van der Waals surface area contributed by atoms with Crippen molar-refractivity contribution in [1.82, 2.24) is 4.90 Å². The first-order valence-electron chi connectivity index (χ1n) is 12.8. The maximum absolute atomic E-state index is 13.5. The Morgan fingerprint density at radius 1 is 0.765 bits per heavy atom. The minimum atomic E-state index is -0.221. The van der Waals surface area contributed by atoms with Gasteiger partial charge in [0, 0.05) is 37.3 Å². The Morgan fingerprint density at radius 3 is 2.03 bits per heavy atom. The number of para-hydroxylation sites is 1. The Hall–Kier alpha value is -2.72. The summed E-state index contributed by atoms with van der Waals surface area (Å²) in [5.41, 5.74) is 5.14. The van der Waals surface area contributed by atoms with Crippen LogP contribution in [-0.4, -0.2) is 37.1 Å². The number of rotatable bonds is 7. The molecule has 3 aromatic carbocycles. The number of halogens is 2. The number of hydrogen-bond acceptors (Lipinski definition) is 2. The van der Waals surface area contributed by atoms with Crippen molar-refractivity contribution in [2.75, 3.05) is 31.1 Å². The maximum Gasteiger partial charge on any atom is 0.123 e. The second-order valence-corrected chi connectivity index (χ2v) is 9.80. The zero-order valence-corrected chi connectivity index (χ0v) is 19.8. The third kappa shape index (κ3) is 5.33. The van der Waals surface area contributed by atoms with Crippen LogP contribution in [0.4, 0.5) is 14.5 Å². The van der Waals surface area contributed by atoms with Crippen LogP contribution in [0, 0.1) is 11.6 Å². The van der Waals surface area contributed by atoms with E-state index in [4.69, 9.17) is 0 Å². The van der Waals surface area contributed by atoms with E-state index in [1.54, 1.807) is 0 Å². The van der Waals surface area contributed by atoms with Crippen molar-refractivity contribution in [2.24, 2.45) is 0 Å². The number of benzene rings is 3. The Bertz CT molecular complexity index is 1010. The van der Waals surface area contributed by atoms with Crippen LogP contribution in [0.25, 0.3) is 0 Å². The molecular weight excluding hydrogens is 426 g/mol. The molecule has 0 N–H and O–H groups in total. The van der Waals surface area contributed by atoms with Crippen LogP contribution in [0.3, 0.4) is 0 Å². The van der Waals surface area contributed by atoms with Gasteiger partial charge in [-0.05, 0) is 92.1 Å². The number of anilines is 1. The molecule has 0 aromatic heterocycles. The first kappa shape index (κ1) is 23.0. The Labute approximate surface area is 202 Å². The fourth-order valence-corrected chi connectivity index (χ4v) is 5.83. The van der Waals surface area contributed by atoms with Crippen molar-refractivity contribution < 1.29 is 8.78 Å². The molecule has 5 rings (SSSR count). The smallest absolute Gasteiger partial charge is 0.123 e. The largest absolute Gasteiger partial charge is 0.368 e. The van der Waals surface area contributed by atoms with Crippen molar-refractivity contribution in [3.63, 3.8) is 0 Å². The Balaban J connectivity index is 1.17. The maximum atomic E-state index is 13.5. The molecule has 2 nitrogen and oxygen atoms in total. The molecule has 4 heteroatoms. The van der Waals surface area contributed by atoms with Gasteiger partial charge in [0.1, 0.15) is 11.6 Å². The van der Waals surface area contributed by atoms with E-state index in [2.05, 4.69) is 34.1 Å². The van der Waals surface area contributed by atoms with Crippen LogP contribution < -0.4 is 4.90 Å². The van der Waals surface area contributed by atoms with Gasteiger partial charge in [-0.15, -0.1) is 0 Å². The highest BCUT2D eigenvalue weighted by molar-refractivity contribution is 5.56. The minimum Gasteiger partial charge on any atom is -0.368 e. The van der Waals surface area contributed by atoms with Crippen molar-refractivity contribution >= 4 is 5.69 Å². The summed E-state index contributed by atoms with van der Waals surface area (Å²) in [5, 5.41) is 0. The second-order valence-electron chi connectivity index (χ2n) is 9.80. The van der Waals surface area contributed by atoms with Gasteiger partial charge in [0.15, 0.2) is 0 Å². The molecule has 0 amide bonds. The van der Waals surface area contributed by atoms with E-state index in [0.717, 1.165) is 43.6 Å². The molecule has 0 unspecified atom stereocenters. The lowest BCUT2D eigenvalue weighted by atomic mass is 9.87. The van der Waals surface area contributed by atoms with Crippen LogP contribution in [0.5, 0.6) is 0 Å². The van der Waals surface area contributed by atoms with Gasteiger partial charge in [0.25, 0.3) is 0 Å². The number of aryl methyl sites for hydroxylation is 1. The predicted molar refractivity (Wildman–Crippen MR) is 135 cm³/mol. The van der Waals surface area contributed by atoms with Gasteiger partial charge >= 0.3 is 0 Å². The second kappa shape index (κ2) is 10.7. The Kier molecular flexibility index (Phi) is 7.24. The quantitative estimate of drug-likeness (QED) is 0.383. The lowest BCUT2D eigenvalue weighted by molar-refractivity contribution is 0.204. The van der Waals surface area contributed by atoms with Crippen molar-refractivity contribution in [1.29, 1.82) is 0 Å². The number of piperidine rings is 1. The van der Waals surface area contributed by atoms with Gasteiger partial charge in [-0.2, -0.15) is 0 Å². The summed E-state index contributed by atoms with van der Waals surface area (Å²) in [6.07, 6.45) is 6.93. The molecule has 2 aliphatic heterocycles. The molecular formula is C30H34F2N2.